The van der Waals surface area contributed by atoms with Crippen molar-refractivity contribution in [2.75, 3.05) is 19.0 Å². The molecule has 1 atom stereocenters. The fourth-order valence-electron chi connectivity index (χ4n) is 2.21. The lowest BCUT2D eigenvalue weighted by Gasteiger charge is -2.32. The van der Waals surface area contributed by atoms with E-state index < -0.39 is 0 Å². The van der Waals surface area contributed by atoms with Crippen molar-refractivity contribution in [3.8, 4) is 0 Å². The van der Waals surface area contributed by atoms with Gasteiger partial charge in [-0.1, -0.05) is 0 Å². The Morgan fingerprint density at radius 2 is 2.50 bits per heavy atom. The molecule has 1 unspecified atom stereocenters. The van der Waals surface area contributed by atoms with Crippen LogP contribution in [0.5, 0.6) is 0 Å². The van der Waals surface area contributed by atoms with Gasteiger partial charge in [-0.25, -0.2) is 0 Å². The molecule has 88 valence electrons. The van der Waals surface area contributed by atoms with Crippen molar-refractivity contribution in [1.29, 1.82) is 0 Å². The van der Waals surface area contributed by atoms with Gasteiger partial charge in [0.25, 0.3) is 5.91 Å². The predicted molar refractivity (Wildman–Crippen MR) is 68.3 cm³/mol. The number of thiophene rings is 1. The largest absolute Gasteiger partial charge is 0.338 e. The fraction of sp³-hybridized carbons (Fsp3) is 0.583. The Bertz CT molecular complexity index is 337. The third-order valence-electron chi connectivity index (χ3n) is 3.09. The molecule has 0 bridgehead atoms. The highest BCUT2D eigenvalue weighted by Gasteiger charge is 2.24. The second-order valence-electron chi connectivity index (χ2n) is 4.25. The minimum absolute atomic E-state index is 0.181. The highest BCUT2D eigenvalue weighted by Crippen LogP contribution is 2.22. The Kier molecular flexibility index (Phi) is 4.24. The molecule has 4 heteroatoms. The van der Waals surface area contributed by atoms with Crippen LogP contribution in [0, 0.1) is 5.92 Å². The minimum Gasteiger partial charge on any atom is -0.338 e. The summed E-state index contributed by atoms with van der Waals surface area (Å²) in [6.07, 6.45) is 3.34. The number of rotatable bonds is 3. The van der Waals surface area contributed by atoms with Gasteiger partial charge in [-0.05, 0) is 36.6 Å². The summed E-state index contributed by atoms with van der Waals surface area (Å²) in [4.78, 5) is 14.1. The van der Waals surface area contributed by atoms with Gasteiger partial charge in [-0.2, -0.15) is 11.3 Å². The lowest BCUT2D eigenvalue weighted by Crippen LogP contribution is -2.39. The molecule has 2 rings (SSSR count). The second-order valence-corrected chi connectivity index (χ2v) is 5.41. The smallest absolute Gasteiger partial charge is 0.254 e. The van der Waals surface area contributed by atoms with E-state index in [0.29, 0.717) is 11.8 Å². The highest BCUT2D eigenvalue weighted by atomic mass is 35.5. The fourth-order valence-corrected chi connectivity index (χ4v) is 3.15. The standard InChI is InChI=1S/C12H16ClNOS/c13-5-3-10-2-1-6-14(8-10)12(15)11-4-7-16-9-11/h4,7,9-10H,1-3,5-6,8H2. The van der Waals surface area contributed by atoms with Crippen LogP contribution in [0.1, 0.15) is 29.6 Å². The van der Waals surface area contributed by atoms with Gasteiger partial charge in [0.05, 0.1) is 5.56 Å². The third kappa shape index (κ3) is 2.77. The molecule has 0 aromatic carbocycles. The average molecular weight is 258 g/mol. The van der Waals surface area contributed by atoms with Gasteiger partial charge in [0, 0.05) is 24.3 Å². The topological polar surface area (TPSA) is 20.3 Å². The average Bonchev–Trinajstić information content (AvgIpc) is 2.82. The normalized spacial score (nSPS) is 21.1. The van der Waals surface area contributed by atoms with E-state index in [9.17, 15) is 4.79 Å². The second kappa shape index (κ2) is 5.69. The maximum Gasteiger partial charge on any atom is 0.254 e. The molecule has 1 aromatic heterocycles. The van der Waals surface area contributed by atoms with Crippen LogP contribution in [0.2, 0.25) is 0 Å². The number of hydrogen-bond acceptors (Lipinski definition) is 2. The number of piperidine rings is 1. The zero-order valence-electron chi connectivity index (χ0n) is 9.19. The van der Waals surface area contributed by atoms with Crippen LogP contribution in [0.25, 0.3) is 0 Å². The van der Waals surface area contributed by atoms with Gasteiger partial charge in [0.2, 0.25) is 0 Å². The number of likely N-dealkylation sites (tertiary alicyclic amines) is 1. The summed E-state index contributed by atoms with van der Waals surface area (Å²) in [5.74, 6) is 1.47. The zero-order chi connectivity index (χ0) is 11.4. The van der Waals surface area contributed by atoms with Gasteiger partial charge in [0.1, 0.15) is 0 Å². The SMILES string of the molecule is O=C(c1ccsc1)N1CCCC(CCCl)C1. The third-order valence-corrected chi connectivity index (χ3v) is 3.99. The first-order chi connectivity index (χ1) is 7.81. The van der Waals surface area contributed by atoms with Crippen molar-refractivity contribution in [3.63, 3.8) is 0 Å². The minimum atomic E-state index is 0.181. The van der Waals surface area contributed by atoms with Crippen molar-refractivity contribution in [2.24, 2.45) is 5.92 Å². The summed E-state index contributed by atoms with van der Waals surface area (Å²) >= 11 is 7.33. The first kappa shape index (κ1) is 11.9. The van der Waals surface area contributed by atoms with E-state index in [-0.39, 0.29) is 5.91 Å². The molecular weight excluding hydrogens is 242 g/mol. The zero-order valence-corrected chi connectivity index (χ0v) is 10.8. The Morgan fingerprint density at radius 3 is 3.19 bits per heavy atom. The number of halogens is 1. The van der Waals surface area contributed by atoms with E-state index in [1.54, 1.807) is 11.3 Å². The molecule has 0 spiro atoms. The molecule has 0 radical (unpaired) electrons. The summed E-state index contributed by atoms with van der Waals surface area (Å²) in [5.41, 5.74) is 0.830. The monoisotopic (exact) mass is 257 g/mol. The van der Waals surface area contributed by atoms with Crippen LogP contribution in [0.3, 0.4) is 0 Å². The van der Waals surface area contributed by atoms with Crippen LogP contribution in [0.4, 0.5) is 0 Å². The van der Waals surface area contributed by atoms with Crippen molar-refractivity contribution >= 4 is 28.8 Å². The van der Waals surface area contributed by atoms with Gasteiger partial charge in [0.15, 0.2) is 0 Å². The van der Waals surface area contributed by atoms with Crippen molar-refractivity contribution in [3.05, 3.63) is 22.4 Å². The Labute approximate surface area is 105 Å². The molecule has 1 aliphatic rings. The van der Waals surface area contributed by atoms with E-state index >= 15 is 0 Å². The lowest BCUT2D eigenvalue weighted by atomic mass is 9.95. The number of nitrogens with zero attached hydrogens (tertiary/aromatic N) is 1. The summed E-state index contributed by atoms with van der Waals surface area (Å²) in [6.45, 7) is 1.77. The number of hydrogen-bond donors (Lipinski definition) is 0. The van der Waals surface area contributed by atoms with E-state index in [2.05, 4.69) is 0 Å². The lowest BCUT2D eigenvalue weighted by molar-refractivity contribution is 0.0672. The summed E-state index contributed by atoms with van der Waals surface area (Å²) in [5, 5.41) is 3.88. The molecule has 2 heterocycles. The quantitative estimate of drug-likeness (QED) is 0.762. The van der Waals surface area contributed by atoms with Gasteiger partial charge < -0.3 is 4.90 Å². The molecule has 2 nitrogen and oxygen atoms in total. The Balaban J connectivity index is 1.96. The van der Waals surface area contributed by atoms with Gasteiger partial charge in [-0.3, -0.25) is 4.79 Å². The highest BCUT2D eigenvalue weighted by molar-refractivity contribution is 7.08. The molecule has 1 aliphatic heterocycles. The summed E-state index contributed by atoms with van der Waals surface area (Å²) in [6, 6.07) is 1.90. The first-order valence-corrected chi connectivity index (χ1v) is 7.16. The Morgan fingerprint density at radius 1 is 1.62 bits per heavy atom. The van der Waals surface area contributed by atoms with E-state index in [1.807, 2.05) is 21.7 Å². The van der Waals surface area contributed by atoms with Crippen molar-refractivity contribution in [1.82, 2.24) is 4.90 Å². The van der Waals surface area contributed by atoms with E-state index in [0.717, 1.165) is 31.5 Å². The number of alkyl halides is 1. The summed E-state index contributed by atoms with van der Waals surface area (Å²) in [7, 11) is 0. The van der Waals surface area contributed by atoms with Crippen LogP contribution in [-0.4, -0.2) is 29.8 Å². The maximum absolute atomic E-state index is 12.1. The number of amides is 1. The maximum atomic E-state index is 12.1. The van der Waals surface area contributed by atoms with Crippen LogP contribution < -0.4 is 0 Å². The van der Waals surface area contributed by atoms with Crippen molar-refractivity contribution in [2.45, 2.75) is 19.3 Å². The molecule has 16 heavy (non-hydrogen) atoms. The molecule has 1 saturated heterocycles. The molecule has 0 aliphatic carbocycles. The molecule has 1 fully saturated rings. The van der Waals surface area contributed by atoms with E-state index in [4.69, 9.17) is 11.6 Å². The number of carbonyl (C=O) groups is 1. The van der Waals surface area contributed by atoms with Gasteiger partial charge >= 0.3 is 0 Å². The molecule has 0 saturated carbocycles. The van der Waals surface area contributed by atoms with Gasteiger partial charge in [-0.15, -0.1) is 11.6 Å². The van der Waals surface area contributed by atoms with Crippen LogP contribution >= 0.6 is 22.9 Å². The first-order valence-electron chi connectivity index (χ1n) is 5.68. The predicted octanol–water partition coefficient (Wildman–Crippen LogP) is 3.23. The van der Waals surface area contributed by atoms with Crippen LogP contribution in [0.15, 0.2) is 16.8 Å². The van der Waals surface area contributed by atoms with Crippen LogP contribution in [-0.2, 0) is 0 Å². The number of carbonyl (C=O) groups excluding carboxylic acids is 1. The van der Waals surface area contributed by atoms with Crippen molar-refractivity contribution < 1.29 is 4.79 Å². The molecular formula is C12H16ClNOS. The molecule has 1 amide bonds. The molecule has 1 aromatic rings. The summed E-state index contributed by atoms with van der Waals surface area (Å²) < 4.78 is 0. The Hall–Kier alpha value is -0.540. The molecule has 0 N–H and O–H groups in total. The van der Waals surface area contributed by atoms with E-state index in [1.165, 1.54) is 6.42 Å².